The summed E-state index contributed by atoms with van der Waals surface area (Å²) in [6, 6.07) is 9.63. The molecule has 1 heterocycles. The van der Waals surface area contributed by atoms with Crippen molar-refractivity contribution in [2.75, 3.05) is 0 Å². The molecule has 0 aliphatic heterocycles. The van der Waals surface area contributed by atoms with Crippen LogP contribution in [0.25, 0.3) is 0 Å². The third-order valence-electron chi connectivity index (χ3n) is 5.09. The highest BCUT2D eigenvalue weighted by Crippen LogP contribution is 2.31. The monoisotopic (exact) mass is 352 g/mol. The molecule has 0 bridgehead atoms. The highest BCUT2D eigenvalue weighted by atomic mass is 16.3. The van der Waals surface area contributed by atoms with Gasteiger partial charge in [-0.05, 0) is 37.0 Å². The van der Waals surface area contributed by atoms with Crippen molar-refractivity contribution in [3.8, 4) is 6.07 Å². The number of aliphatic hydroxyl groups is 1. The second-order valence-corrected chi connectivity index (χ2v) is 6.80. The molecule has 2 N–H and O–H groups in total. The fourth-order valence-electron chi connectivity index (χ4n) is 3.70. The van der Waals surface area contributed by atoms with Crippen LogP contribution in [-0.2, 0) is 24.2 Å². The maximum Gasteiger partial charge on any atom is 0.220 e. The van der Waals surface area contributed by atoms with Gasteiger partial charge in [-0.15, -0.1) is 0 Å². The smallest absolute Gasteiger partial charge is 0.220 e. The maximum atomic E-state index is 12.4. The van der Waals surface area contributed by atoms with Crippen molar-refractivity contribution in [2.45, 2.75) is 58.2 Å². The molecule has 1 aromatic heterocycles. The number of amides is 1. The van der Waals surface area contributed by atoms with Crippen LogP contribution in [0.3, 0.4) is 0 Å². The van der Waals surface area contributed by atoms with E-state index < -0.39 is 6.10 Å². The van der Waals surface area contributed by atoms with E-state index in [9.17, 15) is 9.90 Å². The first-order valence-corrected chi connectivity index (χ1v) is 8.96. The number of nitrogens with zero attached hydrogens (tertiary/aromatic N) is 3. The fourth-order valence-corrected chi connectivity index (χ4v) is 3.70. The van der Waals surface area contributed by atoms with E-state index in [1.54, 1.807) is 0 Å². The molecule has 0 unspecified atom stereocenters. The molecule has 1 aliphatic rings. The minimum atomic E-state index is -0.575. The summed E-state index contributed by atoms with van der Waals surface area (Å²) >= 11 is 0. The van der Waals surface area contributed by atoms with Crippen molar-refractivity contribution in [1.82, 2.24) is 15.1 Å². The zero-order chi connectivity index (χ0) is 18.7. The summed E-state index contributed by atoms with van der Waals surface area (Å²) in [6.45, 7) is 4.47. The third-order valence-corrected chi connectivity index (χ3v) is 5.09. The Bertz CT molecular complexity index is 850. The molecular formula is C20H24N4O2. The van der Waals surface area contributed by atoms with Gasteiger partial charge in [-0.3, -0.25) is 9.48 Å². The van der Waals surface area contributed by atoms with Gasteiger partial charge in [0.25, 0.3) is 0 Å². The molecule has 2 atom stereocenters. The maximum absolute atomic E-state index is 12.4. The van der Waals surface area contributed by atoms with Gasteiger partial charge in [0.15, 0.2) is 0 Å². The number of hydrogen-bond donors (Lipinski definition) is 2. The van der Waals surface area contributed by atoms with E-state index in [2.05, 4.69) is 16.5 Å². The Morgan fingerprint density at radius 3 is 2.96 bits per heavy atom. The third kappa shape index (κ3) is 3.63. The minimum absolute atomic E-state index is 0.0747. The van der Waals surface area contributed by atoms with E-state index in [4.69, 9.17) is 5.26 Å². The molecule has 6 nitrogen and oxygen atoms in total. The molecule has 1 aliphatic carbocycles. The van der Waals surface area contributed by atoms with Crippen LogP contribution < -0.4 is 5.32 Å². The van der Waals surface area contributed by atoms with Crippen LogP contribution in [0, 0.1) is 25.2 Å². The summed E-state index contributed by atoms with van der Waals surface area (Å²) in [5.41, 5.74) is 5.07. The lowest BCUT2D eigenvalue weighted by molar-refractivity contribution is -0.122. The van der Waals surface area contributed by atoms with Gasteiger partial charge in [-0.1, -0.05) is 24.3 Å². The van der Waals surface area contributed by atoms with Crippen molar-refractivity contribution in [2.24, 2.45) is 0 Å². The van der Waals surface area contributed by atoms with Crippen LogP contribution in [0.5, 0.6) is 0 Å². The Balaban J connectivity index is 1.62. The predicted octanol–water partition coefficient (Wildman–Crippen LogP) is 2.12. The first kappa shape index (κ1) is 18.2. The standard InChI is InChI=1S/C20H24N4O2/c1-13-16(14(2)24(23-13)11-5-10-21)8-9-19(26)22-20-17-7-4-3-6-15(17)12-18(20)25/h3-4,6-7,18,20,25H,5,8-9,11-12H2,1-2H3,(H,22,26)/t18-,20+/m1/s1. The molecule has 1 amide bonds. The summed E-state index contributed by atoms with van der Waals surface area (Å²) in [6.07, 6.45) is 1.36. The molecule has 0 spiro atoms. The Kier molecular flexibility index (Phi) is 5.38. The number of aliphatic hydroxyl groups excluding tert-OH is 1. The number of hydrogen-bond acceptors (Lipinski definition) is 4. The summed E-state index contributed by atoms with van der Waals surface area (Å²) < 4.78 is 1.84. The van der Waals surface area contributed by atoms with Gasteiger partial charge in [0.2, 0.25) is 5.91 Å². The number of fused-ring (bicyclic) bond motifs is 1. The Morgan fingerprint density at radius 2 is 2.19 bits per heavy atom. The number of aromatic nitrogens is 2. The number of aryl methyl sites for hydroxylation is 2. The first-order valence-electron chi connectivity index (χ1n) is 8.96. The van der Waals surface area contributed by atoms with Gasteiger partial charge in [0.1, 0.15) is 0 Å². The lowest BCUT2D eigenvalue weighted by Crippen LogP contribution is -2.34. The average molecular weight is 352 g/mol. The lowest BCUT2D eigenvalue weighted by Gasteiger charge is -2.18. The highest BCUT2D eigenvalue weighted by Gasteiger charge is 2.31. The van der Waals surface area contributed by atoms with Gasteiger partial charge in [0, 0.05) is 18.5 Å². The van der Waals surface area contributed by atoms with E-state index in [0.29, 0.717) is 32.2 Å². The molecule has 136 valence electrons. The number of nitrogens with one attached hydrogen (secondary N) is 1. The second kappa shape index (κ2) is 7.71. The summed E-state index contributed by atoms with van der Waals surface area (Å²) in [4.78, 5) is 12.4. The molecule has 0 fully saturated rings. The second-order valence-electron chi connectivity index (χ2n) is 6.80. The lowest BCUT2D eigenvalue weighted by atomic mass is 10.1. The van der Waals surface area contributed by atoms with E-state index in [1.165, 1.54) is 0 Å². The van der Waals surface area contributed by atoms with Gasteiger partial charge >= 0.3 is 0 Å². The van der Waals surface area contributed by atoms with Crippen molar-refractivity contribution in [1.29, 1.82) is 5.26 Å². The SMILES string of the molecule is Cc1nn(CCC#N)c(C)c1CCC(=O)N[C@H]1c2ccccc2C[C@H]1O. The van der Waals surface area contributed by atoms with E-state index in [0.717, 1.165) is 28.1 Å². The van der Waals surface area contributed by atoms with Crippen LogP contribution in [0.4, 0.5) is 0 Å². The quantitative estimate of drug-likeness (QED) is 0.833. The summed E-state index contributed by atoms with van der Waals surface area (Å²) in [7, 11) is 0. The molecule has 0 saturated heterocycles. The van der Waals surface area contributed by atoms with Crippen LogP contribution in [0.1, 0.15) is 47.0 Å². The number of carbonyl (C=O) groups is 1. The van der Waals surface area contributed by atoms with Crippen LogP contribution in [0.2, 0.25) is 0 Å². The molecule has 0 radical (unpaired) electrons. The van der Waals surface area contributed by atoms with Crippen molar-refractivity contribution >= 4 is 5.91 Å². The van der Waals surface area contributed by atoms with Crippen LogP contribution in [0.15, 0.2) is 24.3 Å². The molecule has 26 heavy (non-hydrogen) atoms. The van der Waals surface area contributed by atoms with Crippen LogP contribution in [-0.4, -0.2) is 26.9 Å². The Morgan fingerprint density at radius 1 is 1.42 bits per heavy atom. The average Bonchev–Trinajstić information content (AvgIpc) is 3.08. The van der Waals surface area contributed by atoms with Gasteiger partial charge in [0.05, 0.1) is 36.9 Å². The van der Waals surface area contributed by atoms with Gasteiger partial charge in [-0.25, -0.2) is 0 Å². The summed E-state index contributed by atoms with van der Waals surface area (Å²) in [5, 5.41) is 26.4. The number of carbonyl (C=O) groups excluding carboxylic acids is 1. The highest BCUT2D eigenvalue weighted by molar-refractivity contribution is 5.77. The van der Waals surface area contributed by atoms with E-state index >= 15 is 0 Å². The van der Waals surface area contributed by atoms with Crippen molar-refractivity contribution in [3.05, 3.63) is 52.3 Å². The van der Waals surface area contributed by atoms with Crippen molar-refractivity contribution < 1.29 is 9.90 Å². The fraction of sp³-hybridized carbons (Fsp3) is 0.450. The van der Waals surface area contributed by atoms with Crippen LogP contribution >= 0.6 is 0 Å². The van der Waals surface area contributed by atoms with E-state index in [1.807, 2.05) is 42.8 Å². The minimum Gasteiger partial charge on any atom is -0.390 e. The molecule has 6 heteroatoms. The summed E-state index contributed by atoms with van der Waals surface area (Å²) in [5.74, 6) is -0.0747. The van der Waals surface area contributed by atoms with Crippen molar-refractivity contribution in [3.63, 3.8) is 0 Å². The number of nitriles is 1. The Hall–Kier alpha value is -2.65. The molecule has 0 saturated carbocycles. The molecular weight excluding hydrogens is 328 g/mol. The zero-order valence-corrected chi connectivity index (χ0v) is 15.2. The molecule has 3 rings (SSSR count). The first-order chi connectivity index (χ1) is 12.5. The number of benzene rings is 1. The Labute approximate surface area is 153 Å². The zero-order valence-electron chi connectivity index (χ0n) is 15.2. The van der Waals surface area contributed by atoms with Gasteiger partial charge in [-0.2, -0.15) is 10.4 Å². The normalized spacial score (nSPS) is 18.4. The molecule has 2 aromatic rings. The topological polar surface area (TPSA) is 90.9 Å². The van der Waals surface area contributed by atoms with Gasteiger partial charge < -0.3 is 10.4 Å². The largest absolute Gasteiger partial charge is 0.390 e. The molecule has 1 aromatic carbocycles. The predicted molar refractivity (Wildman–Crippen MR) is 97.3 cm³/mol. The number of rotatable bonds is 6. The van der Waals surface area contributed by atoms with E-state index in [-0.39, 0.29) is 11.9 Å².